The third-order valence-corrected chi connectivity index (χ3v) is 7.01. The normalized spacial score (nSPS) is 36.0. The molecule has 1 aromatic rings. The van der Waals surface area contributed by atoms with Gasteiger partial charge in [-0.1, -0.05) is 12.0 Å². The third kappa shape index (κ3) is 2.51. The van der Waals surface area contributed by atoms with Crippen molar-refractivity contribution < 1.29 is 39.3 Å². The van der Waals surface area contributed by atoms with Gasteiger partial charge in [-0.25, -0.2) is 0 Å². The van der Waals surface area contributed by atoms with E-state index in [1.807, 2.05) is 0 Å². The number of hydrogen-bond donors (Lipinski definition) is 4. The van der Waals surface area contributed by atoms with E-state index in [0.717, 1.165) is 6.07 Å². The molecule has 0 aromatic heterocycles. The molecule has 2 saturated carbocycles. The summed E-state index contributed by atoms with van der Waals surface area (Å²) in [4.78, 5) is 66.4. The molecule has 12 heteroatoms. The minimum atomic E-state index is -2.97. The van der Waals surface area contributed by atoms with E-state index in [9.17, 15) is 39.3 Å². The number of aliphatic hydroxyl groups is 2. The summed E-state index contributed by atoms with van der Waals surface area (Å²) in [5.74, 6) is -13.7. The summed E-state index contributed by atoms with van der Waals surface area (Å²) in [6.45, 7) is 1.60. The van der Waals surface area contributed by atoms with E-state index in [1.54, 1.807) is 6.92 Å². The lowest BCUT2D eigenvalue weighted by atomic mass is 9.51. The first-order valence-corrected chi connectivity index (χ1v) is 9.75. The van der Waals surface area contributed by atoms with Gasteiger partial charge in [0.1, 0.15) is 11.9 Å². The summed E-state index contributed by atoms with van der Waals surface area (Å²) < 4.78 is 0. The molecular weight excluding hydrogens is 424 g/mol. The largest absolute Gasteiger partial charge is 0.507 e. The van der Waals surface area contributed by atoms with Gasteiger partial charge in [0, 0.05) is 16.5 Å². The number of carbonyl (C=O) groups excluding carboxylic acids is 5. The number of nitrogens with zero attached hydrogens (tertiary/aromatic N) is 3. The fourth-order valence-electron chi connectivity index (χ4n) is 5.49. The van der Waals surface area contributed by atoms with Gasteiger partial charge in [-0.2, -0.15) is 0 Å². The average molecular weight is 442 g/mol. The third-order valence-electron chi connectivity index (χ3n) is 7.01. The number of phenols is 1. The molecule has 0 radical (unpaired) electrons. The highest BCUT2D eigenvalue weighted by Gasteiger charge is 2.69. The van der Waals surface area contributed by atoms with E-state index in [2.05, 4.69) is 10.0 Å². The first-order valence-electron chi connectivity index (χ1n) is 9.75. The highest BCUT2D eigenvalue weighted by Crippen LogP contribution is 2.55. The van der Waals surface area contributed by atoms with Gasteiger partial charge in [0.05, 0.1) is 11.5 Å². The molecule has 4 rings (SSSR count). The first kappa shape index (κ1) is 21.6. The quantitative estimate of drug-likeness (QED) is 0.207. The smallest absolute Gasteiger partial charge is 0.235 e. The lowest BCUT2D eigenvalue weighted by molar-refractivity contribution is -0.186. The first-order chi connectivity index (χ1) is 15.0. The molecule has 0 bridgehead atoms. The second kappa shape index (κ2) is 6.95. The lowest BCUT2D eigenvalue weighted by Gasteiger charge is -2.51. The zero-order chi connectivity index (χ0) is 23.7. The summed E-state index contributed by atoms with van der Waals surface area (Å²) in [6.07, 6.45) is -2.33. The number of hydrogen-bond acceptors (Lipinski definition) is 9. The molecule has 1 amide bonds. The van der Waals surface area contributed by atoms with Crippen molar-refractivity contribution in [3.05, 3.63) is 33.7 Å². The van der Waals surface area contributed by atoms with Gasteiger partial charge in [0.15, 0.2) is 34.7 Å². The number of rotatable bonds is 2. The van der Waals surface area contributed by atoms with Crippen LogP contribution in [0.5, 0.6) is 5.75 Å². The zero-order valence-electron chi connectivity index (χ0n) is 16.6. The maximum absolute atomic E-state index is 13.4. The number of aliphatic hydroxyl groups excluding tert-OH is 1. The Kier molecular flexibility index (Phi) is 4.70. The molecule has 2 unspecified atom stereocenters. The van der Waals surface area contributed by atoms with Crippen molar-refractivity contribution in [1.82, 2.24) is 0 Å². The number of primary amides is 1. The van der Waals surface area contributed by atoms with Gasteiger partial charge in [-0.15, -0.1) is 0 Å². The number of ketones is 4. The van der Waals surface area contributed by atoms with Gasteiger partial charge in [0.25, 0.3) is 0 Å². The number of azide groups is 1. The fraction of sp³-hybridized carbons (Fsp3) is 0.450. The van der Waals surface area contributed by atoms with Crippen LogP contribution in [0.1, 0.15) is 35.2 Å². The molecule has 2 fully saturated rings. The Morgan fingerprint density at radius 3 is 2.50 bits per heavy atom. The van der Waals surface area contributed by atoms with Crippen LogP contribution in [0.25, 0.3) is 10.4 Å². The topological polar surface area (TPSA) is 221 Å². The molecule has 0 saturated heterocycles. The van der Waals surface area contributed by atoms with E-state index in [-0.39, 0.29) is 23.2 Å². The van der Waals surface area contributed by atoms with E-state index >= 15 is 0 Å². The number of nitrogens with two attached hydrogens (primary N) is 1. The second-order valence-electron chi connectivity index (χ2n) is 8.40. The molecule has 7 atom stereocenters. The summed E-state index contributed by atoms with van der Waals surface area (Å²) in [6, 6.07) is 2.43. The molecule has 0 heterocycles. The molecule has 3 aliphatic carbocycles. The summed E-state index contributed by atoms with van der Waals surface area (Å²) >= 11 is 0. The van der Waals surface area contributed by atoms with E-state index in [0.29, 0.717) is 0 Å². The molecule has 0 aliphatic heterocycles. The highest BCUT2D eigenvalue weighted by atomic mass is 16.3. The van der Waals surface area contributed by atoms with Gasteiger partial charge in [-0.05, 0) is 41.5 Å². The molecule has 0 spiro atoms. The van der Waals surface area contributed by atoms with Crippen LogP contribution in [0.3, 0.4) is 0 Å². The number of benzene rings is 1. The van der Waals surface area contributed by atoms with Crippen molar-refractivity contribution >= 4 is 34.7 Å². The summed E-state index contributed by atoms with van der Waals surface area (Å²) in [5.41, 5.74) is 10.9. The molecule has 166 valence electrons. The molecule has 32 heavy (non-hydrogen) atoms. The molecule has 12 nitrogen and oxygen atoms in total. The highest BCUT2D eigenvalue weighted by molar-refractivity contribution is 6.32. The molecular formula is C20H18N4O8. The van der Waals surface area contributed by atoms with Gasteiger partial charge in [-0.3, -0.25) is 24.0 Å². The van der Waals surface area contributed by atoms with Crippen LogP contribution in [-0.4, -0.2) is 56.1 Å². The van der Waals surface area contributed by atoms with Crippen LogP contribution < -0.4 is 5.73 Å². The van der Waals surface area contributed by atoms with Crippen LogP contribution >= 0.6 is 0 Å². The number of Topliss-reactive ketones (excluding diaryl/α,β-unsaturated/α-hetero) is 4. The standard InChI is InChI=1S/C20H18N4O8/c1-5-6-4-7-14(26)16(28)13(19(21)31)18(30)20(7,32)17(29)11(6)15(27)12-9(25)3-2-8(10(5)12)23-24-22/h2-3,5-7,11,13-14,25-26,32H,4H2,1H3,(H2,21,31)/t5-,6-,7+,11?,13?,14-,20+/m1/s1. The van der Waals surface area contributed by atoms with Crippen molar-refractivity contribution in [2.24, 2.45) is 34.5 Å². The van der Waals surface area contributed by atoms with Crippen molar-refractivity contribution in [3.8, 4) is 5.75 Å². The Labute approximate surface area is 179 Å². The number of carbonyl (C=O) groups is 5. The van der Waals surface area contributed by atoms with Crippen LogP contribution in [0.2, 0.25) is 0 Å². The predicted octanol–water partition coefficient (Wildman–Crippen LogP) is -0.200. The Morgan fingerprint density at radius 2 is 1.91 bits per heavy atom. The second-order valence-corrected chi connectivity index (χ2v) is 8.40. The van der Waals surface area contributed by atoms with Crippen LogP contribution in [0, 0.1) is 23.7 Å². The van der Waals surface area contributed by atoms with Crippen LogP contribution in [-0.2, 0) is 19.2 Å². The van der Waals surface area contributed by atoms with Gasteiger partial charge < -0.3 is 21.1 Å². The van der Waals surface area contributed by atoms with E-state index in [1.165, 1.54) is 6.07 Å². The van der Waals surface area contributed by atoms with Crippen molar-refractivity contribution in [2.45, 2.75) is 31.0 Å². The van der Waals surface area contributed by atoms with Crippen LogP contribution in [0.15, 0.2) is 17.2 Å². The number of amides is 1. The average Bonchev–Trinajstić information content (AvgIpc) is 2.73. The Morgan fingerprint density at radius 1 is 1.25 bits per heavy atom. The van der Waals surface area contributed by atoms with Crippen LogP contribution in [0.4, 0.5) is 5.69 Å². The molecule has 5 N–H and O–H groups in total. The van der Waals surface area contributed by atoms with Gasteiger partial charge in [0.2, 0.25) is 5.91 Å². The Hall–Kier alpha value is -3.60. The predicted molar refractivity (Wildman–Crippen MR) is 103 cm³/mol. The minimum Gasteiger partial charge on any atom is -0.507 e. The molecule has 1 aromatic carbocycles. The fourth-order valence-corrected chi connectivity index (χ4v) is 5.49. The van der Waals surface area contributed by atoms with Crippen molar-refractivity contribution in [2.75, 3.05) is 0 Å². The monoisotopic (exact) mass is 442 g/mol. The SMILES string of the molecule is C[C@H]1c2c(N=[N+]=[N-])ccc(O)c2C(=O)C2C(=O)[C@]3(O)C(=O)C(C(N)=O)C(=O)[C@H](O)[C@@H]3C[C@@H]21. The van der Waals surface area contributed by atoms with Gasteiger partial charge >= 0.3 is 0 Å². The maximum Gasteiger partial charge on any atom is 0.235 e. The summed E-state index contributed by atoms with van der Waals surface area (Å²) in [7, 11) is 0. The Bertz CT molecular complexity index is 1170. The number of aromatic hydroxyl groups is 1. The zero-order valence-corrected chi connectivity index (χ0v) is 16.6. The maximum atomic E-state index is 13.4. The summed E-state index contributed by atoms with van der Waals surface area (Å²) in [5, 5.41) is 35.5. The minimum absolute atomic E-state index is 0.0537. The lowest BCUT2D eigenvalue weighted by Crippen LogP contribution is -2.72. The number of fused-ring (bicyclic) bond motifs is 3. The number of phenolic OH excluding ortho intramolecular Hbond substituents is 1. The Balaban J connectivity index is 1.91. The van der Waals surface area contributed by atoms with Crippen molar-refractivity contribution in [3.63, 3.8) is 0 Å². The van der Waals surface area contributed by atoms with E-state index in [4.69, 9.17) is 11.3 Å². The molecule has 3 aliphatic rings. The van der Waals surface area contributed by atoms with E-state index < -0.39 is 76.1 Å². The van der Waals surface area contributed by atoms with Crippen molar-refractivity contribution in [1.29, 1.82) is 0 Å².